The molecule has 0 aliphatic rings. The van der Waals surface area contributed by atoms with Crippen LogP contribution in [0.15, 0.2) is 36.4 Å². The molecule has 0 bridgehead atoms. The molecule has 19 heavy (non-hydrogen) atoms. The van der Waals surface area contributed by atoms with E-state index in [0.717, 1.165) is 11.1 Å². The van der Waals surface area contributed by atoms with Gasteiger partial charge in [-0.1, -0.05) is 35.3 Å². The van der Waals surface area contributed by atoms with Crippen LogP contribution in [0.3, 0.4) is 0 Å². The van der Waals surface area contributed by atoms with Gasteiger partial charge in [0.2, 0.25) is 0 Å². The third-order valence-corrected chi connectivity index (χ3v) is 3.38. The van der Waals surface area contributed by atoms with Crippen LogP contribution in [0, 0.1) is 6.92 Å². The van der Waals surface area contributed by atoms with Crippen LogP contribution < -0.4 is 10.5 Å². The lowest BCUT2D eigenvalue weighted by Crippen LogP contribution is -2.04. The van der Waals surface area contributed by atoms with Crippen molar-refractivity contribution in [3.05, 3.63) is 57.6 Å². The molecule has 1 unspecified atom stereocenters. The van der Waals surface area contributed by atoms with Crippen molar-refractivity contribution in [2.24, 2.45) is 5.73 Å². The largest absolute Gasteiger partial charge is 0.454 e. The van der Waals surface area contributed by atoms with Gasteiger partial charge in [-0.25, -0.2) is 0 Å². The van der Waals surface area contributed by atoms with Gasteiger partial charge in [0.1, 0.15) is 11.5 Å². The van der Waals surface area contributed by atoms with Crippen molar-refractivity contribution in [1.82, 2.24) is 0 Å². The summed E-state index contributed by atoms with van der Waals surface area (Å²) in [5.41, 5.74) is 7.85. The van der Waals surface area contributed by atoms with Gasteiger partial charge in [0, 0.05) is 6.04 Å². The van der Waals surface area contributed by atoms with E-state index in [1.165, 1.54) is 0 Å². The molecule has 2 N–H and O–H groups in total. The van der Waals surface area contributed by atoms with E-state index in [1.54, 1.807) is 6.07 Å². The Morgan fingerprint density at radius 2 is 1.58 bits per heavy atom. The van der Waals surface area contributed by atoms with Crippen molar-refractivity contribution >= 4 is 23.2 Å². The zero-order valence-corrected chi connectivity index (χ0v) is 12.3. The highest BCUT2D eigenvalue weighted by atomic mass is 35.5. The van der Waals surface area contributed by atoms with Gasteiger partial charge < -0.3 is 10.5 Å². The zero-order valence-electron chi connectivity index (χ0n) is 10.8. The van der Waals surface area contributed by atoms with Gasteiger partial charge in [-0.2, -0.15) is 0 Å². The summed E-state index contributed by atoms with van der Waals surface area (Å²) in [5, 5.41) is 1.08. The average Bonchev–Trinajstić information content (AvgIpc) is 2.34. The molecule has 2 rings (SSSR count). The normalized spacial score (nSPS) is 12.3. The SMILES string of the molecule is Cc1ccc(Oc2ccc(C(C)N)cc2Cl)c(Cl)c1. The first-order chi connectivity index (χ1) is 8.97. The van der Waals surface area contributed by atoms with Gasteiger partial charge in [0.05, 0.1) is 10.0 Å². The monoisotopic (exact) mass is 295 g/mol. The van der Waals surface area contributed by atoms with Crippen molar-refractivity contribution in [1.29, 1.82) is 0 Å². The molecular formula is C15H15Cl2NO. The number of rotatable bonds is 3. The van der Waals surface area contributed by atoms with Crippen LogP contribution in [0.5, 0.6) is 11.5 Å². The number of benzene rings is 2. The van der Waals surface area contributed by atoms with Gasteiger partial charge >= 0.3 is 0 Å². The van der Waals surface area contributed by atoms with Crippen LogP contribution in [0.1, 0.15) is 24.1 Å². The maximum Gasteiger partial charge on any atom is 0.146 e. The Morgan fingerprint density at radius 3 is 2.11 bits per heavy atom. The Kier molecular flexibility index (Phi) is 4.35. The third kappa shape index (κ3) is 3.41. The fraction of sp³-hybridized carbons (Fsp3) is 0.200. The quantitative estimate of drug-likeness (QED) is 0.853. The maximum atomic E-state index is 6.18. The van der Waals surface area contributed by atoms with E-state index in [0.29, 0.717) is 21.5 Å². The smallest absolute Gasteiger partial charge is 0.146 e. The fourth-order valence-electron chi connectivity index (χ4n) is 1.69. The molecular weight excluding hydrogens is 281 g/mol. The van der Waals surface area contributed by atoms with Crippen LogP contribution >= 0.6 is 23.2 Å². The summed E-state index contributed by atoms with van der Waals surface area (Å²) in [4.78, 5) is 0. The molecule has 0 heterocycles. The predicted molar refractivity (Wildman–Crippen MR) is 80.3 cm³/mol. The first-order valence-corrected chi connectivity index (χ1v) is 6.72. The summed E-state index contributed by atoms with van der Waals surface area (Å²) in [5.74, 6) is 1.15. The van der Waals surface area contributed by atoms with Crippen LogP contribution in [0.2, 0.25) is 10.0 Å². The van der Waals surface area contributed by atoms with Gasteiger partial charge in [-0.05, 0) is 49.2 Å². The predicted octanol–water partition coefficient (Wildman–Crippen LogP) is 5.11. The Morgan fingerprint density at radius 1 is 1.00 bits per heavy atom. The Balaban J connectivity index is 2.28. The van der Waals surface area contributed by atoms with E-state index in [1.807, 2.05) is 44.2 Å². The summed E-state index contributed by atoms with van der Waals surface area (Å²) in [7, 11) is 0. The van der Waals surface area contributed by atoms with Gasteiger partial charge in [-0.15, -0.1) is 0 Å². The van der Waals surface area contributed by atoms with E-state index < -0.39 is 0 Å². The van der Waals surface area contributed by atoms with E-state index in [4.69, 9.17) is 33.7 Å². The second kappa shape index (κ2) is 5.83. The Bertz CT molecular complexity index is 597. The van der Waals surface area contributed by atoms with Crippen molar-refractivity contribution in [2.75, 3.05) is 0 Å². The second-order valence-electron chi connectivity index (χ2n) is 4.51. The number of ether oxygens (including phenoxy) is 1. The molecule has 2 aromatic rings. The minimum atomic E-state index is -0.0606. The minimum Gasteiger partial charge on any atom is -0.454 e. The molecule has 0 radical (unpaired) electrons. The third-order valence-electron chi connectivity index (χ3n) is 2.79. The van der Waals surface area contributed by atoms with Crippen molar-refractivity contribution < 1.29 is 4.74 Å². The molecule has 2 aromatic carbocycles. The lowest BCUT2D eigenvalue weighted by atomic mass is 10.1. The summed E-state index contributed by atoms with van der Waals surface area (Å²) in [6, 6.07) is 11.1. The lowest BCUT2D eigenvalue weighted by Gasteiger charge is -2.12. The number of hydrogen-bond acceptors (Lipinski definition) is 2. The number of hydrogen-bond donors (Lipinski definition) is 1. The molecule has 0 saturated carbocycles. The van der Waals surface area contributed by atoms with Crippen LogP contribution in [-0.4, -0.2) is 0 Å². The van der Waals surface area contributed by atoms with E-state index in [2.05, 4.69) is 0 Å². The molecule has 4 heteroatoms. The summed E-state index contributed by atoms with van der Waals surface area (Å²) in [6.07, 6.45) is 0. The molecule has 0 fully saturated rings. The highest BCUT2D eigenvalue weighted by Crippen LogP contribution is 2.35. The molecule has 0 aliphatic carbocycles. The van der Waals surface area contributed by atoms with E-state index in [9.17, 15) is 0 Å². The molecule has 0 aromatic heterocycles. The minimum absolute atomic E-state index is 0.0606. The van der Waals surface area contributed by atoms with Crippen molar-refractivity contribution in [3.63, 3.8) is 0 Å². The van der Waals surface area contributed by atoms with Gasteiger partial charge in [0.15, 0.2) is 0 Å². The topological polar surface area (TPSA) is 35.2 Å². The highest BCUT2D eigenvalue weighted by Gasteiger charge is 2.09. The number of aryl methyl sites for hydroxylation is 1. The number of halogens is 2. The van der Waals surface area contributed by atoms with Gasteiger partial charge in [-0.3, -0.25) is 0 Å². The molecule has 100 valence electrons. The average molecular weight is 296 g/mol. The summed E-state index contributed by atoms with van der Waals surface area (Å²) in [6.45, 7) is 3.88. The lowest BCUT2D eigenvalue weighted by molar-refractivity contribution is 0.482. The molecule has 2 nitrogen and oxygen atoms in total. The van der Waals surface area contributed by atoms with Crippen LogP contribution in [-0.2, 0) is 0 Å². The molecule has 0 spiro atoms. The highest BCUT2D eigenvalue weighted by molar-refractivity contribution is 6.33. The zero-order chi connectivity index (χ0) is 14.0. The molecule has 0 saturated heterocycles. The maximum absolute atomic E-state index is 6.18. The van der Waals surface area contributed by atoms with Crippen molar-refractivity contribution in [3.8, 4) is 11.5 Å². The summed E-state index contributed by atoms with van der Waals surface area (Å²) < 4.78 is 5.72. The second-order valence-corrected chi connectivity index (χ2v) is 5.33. The Hall–Kier alpha value is -1.22. The standard InChI is InChI=1S/C15H15Cl2NO/c1-9-3-5-14(12(16)7-9)19-15-6-4-11(10(2)18)8-13(15)17/h3-8,10H,18H2,1-2H3. The Labute approximate surface area is 123 Å². The van der Waals surface area contributed by atoms with Gasteiger partial charge in [0.25, 0.3) is 0 Å². The van der Waals surface area contributed by atoms with Crippen LogP contribution in [0.4, 0.5) is 0 Å². The van der Waals surface area contributed by atoms with E-state index in [-0.39, 0.29) is 6.04 Å². The molecule has 0 aliphatic heterocycles. The molecule has 0 amide bonds. The van der Waals surface area contributed by atoms with E-state index >= 15 is 0 Å². The number of nitrogens with two attached hydrogens (primary N) is 1. The first kappa shape index (κ1) is 14.2. The van der Waals surface area contributed by atoms with Crippen molar-refractivity contribution in [2.45, 2.75) is 19.9 Å². The molecule has 1 atom stereocenters. The summed E-state index contributed by atoms with van der Waals surface area (Å²) >= 11 is 12.3. The first-order valence-electron chi connectivity index (χ1n) is 5.96. The van der Waals surface area contributed by atoms with Crippen LogP contribution in [0.25, 0.3) is 0 Å². The fourth-order valence-corrected chi connectivity index (χ4v) is 2.19.